The van der Waals surface area contributed by atoms with Crippen LogP contribution in [-0.4, -0.2) is 16.8 Å². The average Bonchev–Trinajstić information content (AvgIpc) is 2.41. The molecule has 0 unspecified atom stereocenters. The molecule has 0 fully saturated rings. The number of ether oxygens (including phenoxy) is 1. The second-order valence-corrected chi connectivity index (χ2v) is 4.26. The number of hydrogen-bond acceptors (Lipinski definition) is 3. The van der Waals surface area contributed by atoms with Crippen molar-refractivity contribution in [3.05, 3.63) is 46.2 Å². The Balaban J connectivity index is 2.33. The van der Waals surface area contributed by atoms with E-state index in [1.165, 1.54) is 0 Å². The zero-order valence-electron chi connectivity index (χ0n) is 9.94. The molecule has 1 N–H and O–H groups in total. The highest BCUT2D eigenvalue weighted by atomic mass is 79.9. The van der Waals surface area contributed by atoms with Gasteiger partial charge >= 0.3 is 0 Å². The minimum absolute atomic E-state index is 0.165. The van der Waals surface area contributed by atoms with Crippen LogP contribution in [0.4, 0.5) is 0 Å². The van der Waals surface area contributed by atoms with Gasteiger partial charge in [-0.3, -0.25) is 4.79 Å². The second-order valence-electron chi connectivity index (χ2n) is 3.70. The quantitative estimate of drug-likeness (QED) is 0.884. The number of nitrogens with one attached hydrogen (secondary N) is 1. The summed E-state index contributed by atoms with van der Waals surface area (Å²) in [6.07, 6.45) is 0. The summed E-state index contributed by atoms with van der Waals surface area (Å²) in [5.74, 6) is 0.825. The molecule has 0 bridgehead atoms. The van der Waals surface area contributed by atoms with Gasteiger partial charge < -0.3 is 4.74 Å². The predicted molar refractivity (Wildman–Crippen MR) is 74.1 cm³/mol. The van der Waals surface area contributed by atoms with Crippen LogP contribution in [0.3, 0.4) is 0 Å². The van der Waals surface area contributed by atoms with Crippen molar-refractivity contribution in [3.63, 3.8) is 0 Å². The van der Waals surface area contributed by atoms with Gasteiger partial charge in [-0.05, 0) is 37.3 Å². The highest BCUT2D eigenvalue weighted by Gasteiger charge is 2.04. The van der Waals surface area contributed by atoms with Gasteiger partial charge in [0.15, 0.2) is 0 Å². The number of alkyl halides is 1. The van der Waals surface area contributed by atoms with Crippen molar-refractivity contribution in [1.82, 2.24) is 10.2 Å². The first-order valence-electron chi connectivity index (χ1n) is 5.62. The highest BCUT2D eigenvalue weighted by molar-refractivity contribution is 9.08. The summed E-state index contributed by atoms with van der Waals surface area (Å²) in [7, 11) is 0. The van der Waals surface area contributed by atoms with Crippen LogP contribution in [-0.2, 0) is 5.33 Å². The zero-order valence-corrected chi connectivity index (χ0v) is 11.5. The van der Waals surface area contributed by atoms with E-state index in [1.54, 1.807) is 6.07 Å². The van der Waals surface area contributed by atoms with Gasteiger partial charge in [0.25, 0.3) is 5.56 Å². The summed E-state index contributed by atoms with van der Waals surface area (Å²) in [4.78, 5) is 11.4. The third kappa shape index (κ3) is 2.79. The number of halogens is 1. The highest BCUT2D eigenvalue weighted by Crippen LogP contribution is 2.20. The number of rotatable bonds is 4. The smallest absolute Gasteiger partial charge is 0.268 e. The fraction of sp³-hybridized carbons (Fsp3) is 0.231. The van der Waals surface area contributed by atoms with Gasteiger partial charge in [-0.15, -0.1) is 0 Å². The van der Waals surface area contributed by atoms with Gasteiger partial charge in [-0.1, -0.05) is 15.9 Å². The van der Waals surface area contributed by atoms with E-state index in [-0.39, 0.29) is 5.56 Å². The SMILES string of the molecule is CCOc1ccc(-c2cc(CBr)c(=O)[nH]n2)cc1. The van der Waals surface area contributed by atoms with Crippen molar-refractivity contribution in [2.24, 2.45) is 0 Å². The summed E-state index contributed by atoms with van der Waals surface area (Å²) in [6, 6.07) is 9.40. The minimum Gasteiger partial charge on any atom is -0.494 e. The largest absolute Gasteiger partial charge is 0.494 e. The summed E-state index contributed by atoms with van der Waals surface area (Å²) in [5, 5.41) is 7.03. The Morgan fingerprint density at radius 2 is 2.06 bits per heavy atom. The van der Waals surface area contributed by atoms with Gasteiger partial charge in [0.2, 0.25) is 0 Å². The number of nitrogens with zero attached hydrogens (tertiary/aromatic N) is 1. The molecule has 1 aromatic heterocycles. The number of aromatic amines is 1. The molecule has 94 valence electrons. The Hall–Kier alpha value is -1.62. The fourth-order valence-electron chi connectivity index (χ4n) is 1.58. The van der Waals surface area contributed by atoms with Crippen LogP contribution in [0.2, 0.25) is 0 Å². The van der Waals surface area contributed by atoms with Crippen molar-refractivity contribution < 1.29 is 4.74 Å². The molecule has 0 saturated heterocycles. The maximum Gasteiger partial charge on any atom is 0.268 e. The minimum atomic E-state index is -0.165. The number of benzene rings is 1. The van der Waals surface area contributed by atoms with Crippen molar-refractivity contribution in [2.45, 2.75) is 12.3 Å². The molecular weight excluding hydrogens is 296 g/mol. The molecule has 0 amide bonds. The van der Waals surface area contributed by atoms with Crippen LogP contribution in [0.1, 0.15) is 12.5 Å². The van der Waals surface area contributed by atoms with Crippen LogP contribution in [0.5, 0.6) is 5.75 Å². The maximum atomic E-state index is 11.4. The third-order valence-corrected chi connectivity index (χ3v) is 3.09. The molecule has 4 nitrogen and oxygen atoms in total. The molecule has 2 rings (SSSR count). The third-order valence-electron chi connectivity index (χ3n) is 2.49. The van der Waals surface area contributed by atoms with E-state index in [0.717, 1.165) is 17.0 Å². The average molecular weight is 309 g/mol. The molecular formula is C13H13BrN2O2. The Labute approximate surface area is 113 Å². The predicted octanol–water partition coefficient (Wildman–Crippen LogP) is 2.73. The Morgan fingerprint density at radius 1 is 1.33 bits per heavy atom. The van der Waals surface area contributed by atoms with E-state index in [0.29, 0.717) is 17.5 Å². The maximum absolute atomic E-state index is 11.4. The second kappa shape index (κ2) is 5.82. The van der Waals surface area contributed by atoms with Gasteiger partial charge in [-0.25, -0.2) is 5.10 Å². The van der Waals surface area contributed by atoms with Crippen LogP contribution >= 0.6 is 15.9 Å². The van der Waals surface area contributed by atoms with Gasteiger partial charge in [-0.2, -0.15) is 5.10 Å². The standard InChI is InChI=1S/C13H13BrN2O2/c1-2-18-11-5-3-9(4-6-11)12-7-10(8-14)13(17)16-15-12/h3-7H,2,8H2,1H3,(H,16,17). The van der Waals surface area contributed by atoms with Gasteiger partial charge in [0.05, 0.1) is 12.3 Å². The molecule has 0 aliphatic rings. The van der Waals surface area contributed by atoms with Crippen molar-refractivity contribution in [2.75, 3.05) is 6.61 Å². The lowest BCUT2D eigenvalue weighted by Gasteiger charge is -2.05. The van der Waals surface area contributed by atoms with E-state index >= 15 is 0 Å². The van der Waals surface area contributed by atoms with Crippen molar-refractivity contribution in [1.29, 1.82) is 0 Å². The Kier molecular flexibility index (Phi) is 4.15. The molecule has 2 aromatic rings. The molecule has 5 heteroatoms. The number of H-pyrrole nitrogens is 1. The summed E-state index contributed by atoms with van der Waals surface area (Å²) in [5.41, 5.74) is 2.18. The van der Waals surface area contributed by atoms with Gasteiger partial charge in [0.1, 0.15) is 5.75 Å². The first-order chi connectivity index (χ1) is 8.74. The topological polar surface area (TPSA) is 55.0 Å². The van der Waals surface area contributed by atoms with Crippen LogP contribution in [0.25, 0.3) is 11.3 Å². The summed E-state index contributed by atoms with van der Waals surface area (Å²) >= 11 is 3.28. The lowest BCUT2D eigenvalue weighted by molar-refractivity contribution is 0.340. The molecule has 0 aliphatic carbocycles. The summed E-state index contributed by atoms with van der Waals surface area (Å²) in [6.45, 7) is 2.59. The Morgan fingerprint density at radius 3 is 2.67 bits per heavy atom. The molecule has 18 heavy (non-hydrogen) atoms. The van der Waals surface area contributed by atoms with Crippen molar-refractivity contribution in [3.8, 4) is 17.0 Å². The van der Waals surface area contributed by atoms with Gasteiger partial charge in [0, 0.05) is 16.5 Å². The van der Waals surface area contributed by atoms with E-state index in [1.807, 2.05) is 31.2 Å². The normalized spacial score (nSPS) is 10.3. The molecule has 1 heterocycles. The molecule has 0 radical (unpaired) electrons. The molecule has 0 spiro atoms. The molecule has 0 atom stereocenters. The lowest BCUT2D eigenvalue weighted by Crippen LogP contribution is -2.13. The van der Waals surface area contributed by atoms with E-state index < -0.39 is 0 Å². The van der Waals surface area contributed by atoms with Crippen molar-refractivity contribution >= 4 is 15.9 Å². The summed E-state index contributed by atoms with van der Waals surface area (Å²) < 4.78 is 5.38. The molecule has 0 saturated carbocycles. The number of aromatic nitrogens is 2. The van der Waals surface area contributed by atoms with Crippen LogP contribution < -0.4 is 10.3 Å². The lowest BCUT2D eigenvalue weighted by atomic mass is 10.1. The zero-order chi connectivity index (χ0) is 13.0. The van der Waals surface area contributed by atoms with Crippen LogP contribution in [0.15, 0.2) is 35.1 Å². The van der Waals surface area contributed by atoms with Crippen LogP contribution in [0, 0.1) is 0 Å². The number of hydrogen-bond donors (Lipinski definition) is 1. The molecule has 1 aromatic carbocycles. The first-order valence-corrected chi connectivity index (χ1v) is 6.74. The van der Waals surface area contributed by atoms with E-state index in [4.69, 9.17) is 4.74 Å². The fourth-order valence-corrected chi connectivity index (χ4v) is 2.00. The first kappa shape index (κ1) is 12.8. The van der Waals surface area contributed by atoms with E-state index in [2.05, 4.69) is 26.1 Å². The van der Waals surface area contributed by atoms with E-state index in [9.17, 15) is 4.79 Å². The molecule has 0 aliphatic heterocycles. The monoisotopic (exact) mass is 308 g/mol. The Bertz CT molecular complexity index is 578.